The van der Waals surface area contributed by atoms with Crippen LogP contribution in [0.4, 0.5) is 0 Å². The van der Waals surface area contributed by atoms with Crippen LogP contribution < -0.4 is 10.1 Å². The summed E-state index contributed by atoms with van der Waals surface area (Å²) in [6, 6.07) is 6.59. The number of hydrogen-bond acceptors (Lipinski definition) is 3. The summed E-state index contributed by atoms with van der Waals surface area (Å²) in [4.78, 5) is 0. The van der Waals surface area contributed by atoms with Gasteiger partial charge in [-0.3, -0.25) is 0 Å². The zero-order valence-electron chi connectivity index (χ0n) is 11.5. The normalized spacial score (nSPS) is 22.0. The van der Waals surface area contributed by atoms with Crippen LogP contribution in [0.2, 0.25) is 0 Å². The van der Waals surface area contributed by atoms with E-state index in [1.165, 1.54) is 30.4 Å². The predicted molar refractivity (Wildman–Crippen MR) is 75.8 cm³/mol. The van der Waals surface area contributed by atoms with Crippen molar-refractivity contribution >= 4 is 0 Å². The quantitative estimate of drug-likeness (QED) is 0.825. The summed E-state index contributed by atoms with van der Waals surface area (Å²) in [6.45, 7) is 3.81. The summed E-state index contributed by atoms with van der Waals surface area (Å²) in [7, 11) is 0. The van der Waals surface area contributed by atoms with E-state index in [9.17, 15) is 0 Å². The van der Waals surface area contributed by atoms with Gasteiger partial charge in [0, 0.05) is 19.6 Å². The van der Waals surface area contributed by atoms with E-state index in [1.54, 1.807) is 0 Å². The number of fused-ring (bicyclic) bond motifs is 1. The third-order valence-electron chi connectivity index (χ3n) is 3.99. The molecule has 0 saturated carbocycles. The van der Waals surface area contributed by atoms with Gasteiger partial charge in [0.25, 0.3) is 0 Å². The number of benzene rings is 1. The van der Waals surface area contributed by atoms with E-state index < -0.39 is 0 Å². The molecule has 104 valence electrons. The standard InChI is InChI=1S/C16H23NO2/c1-2-9-18-15(3-1)12-17-8-6-13-4-5-16-14(11-13)7-10-19-16/h4-5,11,15,17H,1-3,6-10,12H2. The molecular weight excluding hydrogens is 238 g/mol. The molecule has 2 aliphatic rings. The minimum atomic E-state index is 0.433. The summed E-state index contributed by atoms with van der Waals surface area (Å²) >= 11 is 0. The van der Waals surface area contributed by atoms with Gasteiger partial charge in [0.05, 0.1) is 12.7 Å². The summed E-state index contributed by atoms with van der Waals surface area (Å²) in [6.07, 6.45) is 6.34. The van der Waals surface area contributed by atoms with Crippen molar-refractivity contribution in [3.05, 3.63) is 29.3 Å². The van der Waals surface area contributed by atoms with Gasteiger partial charge < -0.3 is 14.8 Å². The van der Waals surface area contributed by atoms with Crippen LogP contribution in [-0.4, -0.2) is 32.4 Å². The van der Waals surface area contributed by atoms with E-state index in [4.69, 9.17) is 9.47 Å². The first-order valence-electron chi connectivity index (χ1n) is 7.49. The van der Waals surface area contributed by atoms with E-state index in [0.29, 0.717) is 6.10 Å². The van der Waals surface area contributed by atoms with Crippen molar-refractivity contribution in [3.63, 3.8) is 0 Å². The summed E-state index contributed by atoms with van der Waals surface area (Å²) in [5, 5.41) is 3.52. The summed E-state index contributed by atoms with van der Waals surface area (Å²) in [5.74, 6) is 1.08. The molecule has 0 spiro atoms. The van der Waals surface area contributed by atoms with Crippen LogP contribution in [0.5, 0.6) is 5.75 Å². The molecule has 1 aromatic carbocycles. The lowest BCUT2D eigenvalue weighted by atomic mass is 10.1. The fourth-order valence-corrected chi connectivity index (χ4v) is 2.86. The Morgan fingerprint density at radius 3 is 3.11 bits per heavy atom. The van der Waals surface area contributed by atoms with Crippen LogP contribution in [0, 0.1) is 0 Å². The average molecular weight is 261 g/mol. The Labute approximate surface area is 115 Å². The van der Waals surface area contributed by atoms with Gasteiger partial charge in [0.2, 0.25) is 0 Å². The molecule has 19 heavy (non-hydrogen) atoms. The first-order valence-corrected chi connectivity index (χ1v) is 7.49. The molecule has 0 amide bonds. The van der Waals surface area contributed by atoms with Gasteiger partial charge in [-0.15, -0.1) is 0 Å². The molecule has 2 aliphatic heterocycles. The molecule has 0 radical (unpaired) electrons. The second-order valence-electron chi connectivity index (χ2n) is 5.48. The molecule has 1 unspecified atom stereocenters. The highest BCUT2D eigenvalue weighted by Crippen LogP contribution is 2.25. The Bertz CT molecular complexity index is 413. The molecule has 1 atom stereocenters. The van der Waals surface area contributed by atoms with Crippen molar-refractivity contribution in [2.24, 2.45) is 0 Å². The van der Waals surface area contributed by atoms with Crippen molar-refractivity contribution in [1.29, 1.82) is 0 Å². The van der Waals surface area contributed by atoms with Gasteiger partial charge in [-0.25, -0.2) is 0 Å². The van der Waals surface area contributed by atoms with Crippen molar-refractivity contribution in [3.8, 4) is 5.75 Å². The van der Waals surface area contributed by atoms with E-state index >= 15 is 0 Å². The van der Waals surface area contributed by atoms with Gasteiger partial charge in [-0.1, -0.05) is 12.1 Å². The van der Waals surface area contributed by atoms with Crippen molar-refractivity contribution < 1.29 is 9.47 Å². The van der Waals surface area contributed by atoms with Gasteiger partial charge in [-0.2, -0.15) is 0 Å². The lowest BCUT2D eigenvalue weighted by Gasteiger charge is -2.22. The topological polar surface area (TPSA) is 30.5 Å². The molecule has 1 fully saturated rings. The minimum absolute atomic E-state index is 0.433. The zero-order valence-corrected chi connectivity index (χ0v) is 11.5. The maximum Gasteiger partial charge on any atom is 0.122 e. The maximum absolute atomic E-state index is 5.71. The molecule has 0 aliphatic carbocycles. The monoisotopic (exact) mass is 261 g/mol. The molecule has 3 heteroatoms. The van der Waals surface area contributed by atoms with Crippen LogP contribution in [0.1, 0.15) is 30.4 Å². The molecule has 0 aromatic heterocycles. The van der Waals surface area contributed by atoms with Gasteiger partial charge in [-0.05, 0) is 49.4 Å². The Kier molecular flexibility index (Phi) is 4.36. The Morgan fingerprint density at radius 2 is 2.21 bits per heavy atom. The Hall–Kier alpha value is -1.06. The van der Waals surface area contributed by atoms with Gasteiger partial charge in [0.15, 0.2) is 0 Å². The summed E-state index contributed by atoms with van der Waals surface area (Å²) in [5.41, 5.74) is 2.77. The highest BCUT2D eigenvalue weighted by Gasteiger charge is 2.13. The predicted octanol–water partition coefficient (Wildman–Crippen LogP) is 2.32. The number of ether oxygens (including phenoxy) is 2. The van der Waals surface area contributed by atoms with Crippen molar-refractivity contribution in [1.82, 2.24) is 5.32 Å². The van der Waals surface area contributed by atoms with Crippen molar-refractivity contribution in [2.75, 3.05) is 26.3 Å². The van der Waals surface area contributed by atoms with E-state index in [2.05, 4.69) is 23.5 Å². The Balaban J connectivity index is 1.40. The third kappa shape index (κ3) is 3.48. The molecule has 1 N–H and O–H groups in total. The highest BCUT2D eigenvalue weighted by atomic mass is 16.5. The van der Waals surface area contributed by atoms with Crippen molar-refractivity contribution in [2.45, 2.75) is 38.2 Å². The lowest BCUT2D eigenvalue weighted by Crippen LogP contribution is -2.32. The maximum atomic E-state index is 5.71. The van der Waals surface area contributed by atoms with Crippen LogP contribution in [0.3, 0.4) is 0 Å². The Morgan fingerprint density at radius 1 is 1.21 bits per heavy atom. The second-order valence-corrected chi connectivity index (χ2v) is 5.48. The van der Waals surface area contributed by atoms with Crippen LogP contribution in [-0.2, 0) is 17.6 Å². The van der Waals surface area contributed by atoms with Crippen LogP contribution in [0.25, 0.3) is 0 Å². The molecule has 2 heterocycles. The minimum Gasteiger partial charge on any atom is -0.493 e. The third-order valence-corrected chi connectivity index (χ3v) is 3.99. The molecule has 1 saturated heterocycles. The summed E-state index contributed by atoms with van der Waals surface area (Å²) < 4.78 is 11.2. The number of hydrogen-bond donors (Lipinski definition) is 1. The molecular formula is C16H23NO2. The van der Waals surface area contributed by atoms with E-state index in [0.717, 1.165) is 44.9 Å². The molecule has 1 aromatic rings. The van der Waals surface area contributed by atoms with Gasteiger partial charge in [0.1, 0.15) is 5.75 Å². The highest BCUT2D eigenvalue weighted by molar-refractivity contribution is 5.39. The molecule has 3 nitrogen and oxygen atoms in total. The molecule has 3 rings (SSSR count). The fraction of sp³-hybridized carbons (Fsp3) is 0.625. The molecule has 0 bridgehead atoms. The number of nitrogens with one attached hydrogen (secondary N) is 1. The number of rotatable bonds is 5. The van der Waals surface area contributed by atoms with E-state index in [-0.39, 0.29) is 0 Å². The van der Waals surface area contributed by atoms with Crippen LogP contribution in [0.15, 0.2) is 18.2 Å². The fourth-order valence-electron chi connectivity index (χ4n) is 2.86. The lowest BCUT2D eigenvalue weighted by molar-refractivity contribution is 0.0171. The van der Waals surface area contributed by atoms with Gasteiger partial charge >= 0.3 is 0 Å². The first-order chi connectivity index (χ1) is 9.42. The largest absolute Gasteiger partial charge is 0.493 e. The first kappa shape index (κ1) is 12.9. The van der Waals surface area contributed by atoms with Crippen LogP contribution >= 0.6 is 0 Å². The smallest absolute Gasteiger partial charge is 0.122 e. The average Bonchev–Trinajstić information content (AvgIpc) is 2.92. The van der Waals surface area contributed by atoms with E-state index in [1.807, 2.05) is 0 Å². The second kappa shape index (κ2) is 6.40. The zero-order chi connectivity index (χ0) is 12.9. The SMILES string of the molecule is c1cc2c(cc1CCNCC1CCCCO1)CCO2.